The van der Waals surface area contributed by atoms with Crippen LogP contribution in [0.1, 0.15) is 28.7 Å². The molecule has 2 aromatic carbocycles. The van der Waals surface area contributed by atoms with Crippen LogP contribution >= 0.6 is 0 Å². The molecule has 1 unspecified atom stereocenters. The number of aliphatic hydroxyl groups is 1. The lowest BCUT2D eigenvalue weighted by Gasteiger charge is -2.25. The largest absolute Gasteiger partial charge is 0.462 e. The van der Waals surface area contributed by atoms with Gasteiger partial charge in [0.15, 0.2) is 5.82 Å². The molecule has 37 heavy (non-hydrogen) atoms. The molecule has 3 N–H and O–H groups in total. The van der Waals surface area contributed by atoms with Crippen LogP contribution in [0, 0.1) is 0 Å². The summed E-state index contributed by atoms with van der Waals surface area (Å²) in [6.07, 6.45) is 7.63. The molecular formula is C27H22N6O4. The molecule has 1 amide bonds. The maximum Gasteiger partial charge on any atom is 0.338 e. The molecule has 0 spiro atoms. The fourth-order valence-corrected chi connectivity index (χ4v) is 4.02. The first kappa shape index (κ1) is 23.8. The first-order valence-corrected chi connectivity index (χ1v) is 11.5. The first-order valence-electron chi connectivity index (χ1n) is 11.5. The van der Waals surface area contributed by atoms with Gasteiger partial charge in [0.2, 0.25) is 5.60 Å². The number of hydrogen-bond donors (Lipinski definition) is 3. The number of fused-ring (bicyclic) bond motifs is 1. The van der Waals surface area contributed by atoms with Gasteiger partial charge >= 0.3 is 5.97 Å². The van der Waals surface area contributed by atoms with Crippen molar-refractivity contribution < 1.29 is 19.4 Å². The van der Waals surface area contributed by atoms with Crippen LogP contribution in [0.2, 0.25) is 0 Å². The third kappa shape index (κ3) is 4.53. The SMILES string of the molecule is CCOC(=O)c1ccc2nncc(-c3cncc(NC(=O)C(O)(c4ccccc4)c4ncc[nH]4)c3)c2c1. The Hall–Kier alpha value is -4.96. The Balaban J connectivity index is 1.51. The summed E-state index contributed by atoms with van der Waals surface area (Å²) < 4.78 is 5.12. The standard InChI is InChI=1S/C27H22N6O4/c1-2-37-24(34)17-8-9-23-21(13-17)22(16-31-33-23)18-12-20(15-28-14-18)32-26(35)27(36,25-29-10-11-30-25)19-6-4-3-5-7-19/h3-16,36H,2H2,1H3,(H,29,30)(H,32,35). The van der Waals surface area contributed by atoms with E-state index in [1.165, 1.54) is 18.6 Å². The molecule has 0 aliphatic heterocycles. The van der Waals surface area contributed by atoms with Crippen LogP contribution in [0.15, 0.2) is 85.6 Å². The van der Waals surface area contributed by atoms with Crippen LogP contribution in [0.3, 0.4) is 0 Å². The van der Waals surface area contributed by atoms with Gasteiger partial charge in [0.05, 0.1) is 35.8 Å². The van der Waals surface area contributed by atoms with Gasteiger partial charge in [-0.05, 0) is 31.2 Å². The van der Waals surface area contributed by atoms with E-state index in [-0.39, 0.29) is 12.4 Å². The van der Waals surface area contributed by atoms with Gasteiger partial charge in [-0.15, -0.1) is 0 Å². The van der Waals surface area contributed by atoms with Crippen molar-refractivity contribution in [1.82, 2.24) is 25.1 Å². The quantitative estimate of drug-likeness (QED) is 0.292. The van der Waals surface area contributed by atoms with Gasteiger partial charge in [0, 0.05) is 40.7 Å². The maximum absolute atomic E-state index is 13.5. The number of carbonyl (C=O) groups is 2. The molecule has 3 aromatic heterocycles. The summed E-state index contributed by atoms with van der Waals surface area (Å²) in [6, 6.07) is 15.2. The lowest BCUT2D eigenvalue weighted by Crippen LogP contribution is -2.42. The predicted molar refractivity (Wildman–Crippen MR) is 135 cm³/mol. The molecule has 10 nitrogen and oxygen atoms in total. The average Bonchev–Trinajstić information content (AvgIpc) is 3.48. The number of esters is 1. The Labute approximate surface area is 211 Å². The molecule has 0 aliphatic rings. The molecule has 0 fully saturated rings. The highest BCUT2D eigenvalue weighted by Gasteiger charge is 2.42. The first-order chi connectivity index (χ1) is 18.0. The Morgan fingerprint density at radius 2 is 1.92 bits per heavy atom. The minimum Gasteiger partial charge on any atom is -0.462 e. The average molecular weight is 495 g/mol. The van der Waals surface area contributed by atoms with E-state index in [0.717, 1.165) is 0 Å². The second-order valence-corrected chi connectivity index (χ2v) is 8.14. The molecular weight excluding hydrogens is 472 g/mol. The Morgan fingerprint density at radius 3 is 2.68 bits per heavy atom. The van der Waals surface area contributed by atoms with Gasteiger partial charge < -0.3 is 20.1 Å². The smallest absolute Gasteiger partial charge is 0.338 e. The molecule has 1 atom stereocenters. The number of nitrogens with zero attached hydrogens (tertiary/aromatic N) is 4. The monoisotopic (exact) mass is 494 g/mol. The van der Waals surface area contributed by atoms with E-state index in [1.54, 1.807) is 73.9 Å². The van der Waals surface area contributed by atoms with E-state index in [9.17, 15) is 14.7 Å². The summed E-state index contributed by atoms with van der Waals surface area (Å²) in [5.74, 6) is -1.07. The number of H-pyrrole nitrogens is 1. The molecule has 10 heteroatoms. The number of amides is 1. The van der Waals surface area contributed by atoms with Crippen LogP contribution in [0.5, 0.6) is 0 Å². The van der Waals surface area contributed by atoms with Crippen LogP contribution in [0.25, 0.3) is 22.0 Å². The van der Waals surface area contributed by atoms with Crippen LogP contribution in [-0.2, 0) is 15.1 Å². The highest BCUT2D eigenvalue weighted by atomic mass is 16.5. The summed E-state index contributed by atoms with van der Waals surface area (Å²) >= 11 is 0. The number of hydrogen-bond acceptors (Lipinski definition) is 8. The van der Waals surface area contributed by atoms with Crippen molar-refractivity contribution in [2.45, 2.75) is 12.5 Å². The van der Waals surface area contributed by atoms with Gasteiger partial charge in [-0.25, -0.2) is 9.78 Å². The normalized spacial score (nSPS) is 12.6. The molecule has 5 aromatic rings. The summed E-state index contributed by atoms with van der Waals surface area (Å²) in [5, 5.41) is 23.2. The number of rotatable bonds is 7. The summed E-state index contributed by atoms with van der Waals surface area (Å²) in [4.78, 5) is 36.9. The molecule has 0 saturated carbocycles. The number of nitrogens with one attached hydrogen (secondary N) is 2. The van der Waals surface area contributed by atoms with Crippen molar-refractivity contribution in [2.24, 2.45) is 0 Å². The van der Waals surface area contributed by atoms with Crippen LogP contribution < -0.4 is 5.32 Å². The zero-order valence-electron chi connectivity index (χ0n) is 19.8. The van der Waals surface area contributed by atoms with Gasteiger partial charge in [-0.1, -0.05) is 30.3 Å². The van der Waals surface area contributed by atoms with E-state index in [4.69, 9.17) is 4.74 Å². The highest BCUT2D eigenvalue weighted by molar-refractivity contribution is 6.02. The summed E-state index contributed by atoms with van der Waals surface area (Å²) in [5.41, 5.74) is 0.866. The molecule has 184 valence electrons. The Morgan fingerprint density at radius 1 is 1.08 bits per heavy atom. The molecule has 5 rings (SSSR count). The maximum atomic E-state index is 13.5. The number of anilines is 1. The van der Waals surface area contributed by atoms with Crippen molar-refractivity contribution >= 4 is 28.5 Å². The second-order valence-electron chi connectivity index (χ2n) is 8.14. The number of aromatic amines is 1. The third-order valence-electron chi connectivity index (χ3n) is 5.82. The van der Waals surface area contributed by atoms with E-state index in [2.05, 4.69) is 30.5 Å². The minimum atomic E-state index is -2.07. The van der Waals surface area contributed by atoms with Crippen molar-refractivity contribution in [3.8, 4) is 11.1 Å². The second kappa shape index (κ2) is 9.96. The zero-order valence-corrected chi connectivity index (χ0v) is 19.8. The minimum absolute atomic E-state index is 0.0798. The third-order valence-corrected chi connectivity index (χ3v) is 5.82. The van der Waals surface area contributed by atoms with Crippen molar-refractivity contribution in [3.63, 3.8) is 0 Å². The number of carbonyl (C=O) groups excluding carboxylic acids is 2. The lowest BCUT2D eigenvalue weighted by molar-refractivity contribution is -0.131. The number of imidazole rings is 1. The van der Waals surface area contributed by atoms with Gasteiger partial charge in [0.1, 0.15) is 0 Å². The zero-order chi connectivity index (χ0) is 25.8. The molecule has 3 heterocycles. The fraction of sp³-hybridized carbons (Fsp3) is 0.111. The predicted octanol–water partition coefficient (Wildman–Crippen LogP) is 3.47. The van der Waals surface area contributed by atoms with Gasteiger partial charge in [0.25, 0.3) is 5.91 Å². The van der Waals surface area contributed by atoms with E-state index in [0.29, 0.717) is 38.8 Å². The topological polar surface area (TPSA) is 143 Å². The van der Waals surface area contributed by atoms with Crippen molar-refractivity contribution in [1.29, 1.82) is 0 Å². The van der Waals surface area contributed by atoms with Crippen LogP contribution in [0.4, 0.5) is 5.69 Å². The van der Waals surface area contributed by atoms with E-state index in [1.807, 2.05) is 0 Å². The van der Waals surface area contributed by atoms with Crippen molar-refractivity contribution in [2.75, 3.05) is 11.9 Å². The van der Waals surface area contributed by atoms with Crippen LogP contribution in [-0.4, -0.2) is 48.7 Å². The fourth-order valence-electron chi connectivity index (χ4n) is 4.02. The van der Waals surface area contributed by atoms with Crippen molar-refractivity contribution in [3.05, 3.63) is 103 Å². The Bertz CT molecular complexity index is 1570. The highest BCUT2D eigenvalue weighted by Crippen LogP contribution is 2.31. The van der Waals surface area contributed by atoms with E-state index < -0.39 is 17.5 Å². The van der Waals surface area contributed by atoms with Gasteiger partial charge in [-0.3, -0.25) is 9.78 Å². The van der Waals surface area contributed by atoms with Gasteiger partial charge in [-0.2, -0.15) is 10.2 Å². The molecule has 0 aliphatic carbocycles. The summed E-state index contributed by atoms with van der Waals surface area (Å²) in [6.45, 7) is 2.00. The number of benzene rings is 2. The van der Waals surface area contributed by atoms with E-state index >= 15 is 0 Å². The lowest BCUT2D eigenvalue weighted by atomic mass is 9.91. The molecule has 0 saturated heterocycles. The number of ether oxygens (including phenoxy) is 1. The Kier molecular flexibility index (Phi) is 6.40. The molecule has 0 bridgehead atoms. The number of aromatic nitrogens is 5. The number of pyridine rings is 1. The molecule has 0 radical (unpaired) electrons. The summed E-state index contributed by atoms with van der Waals surface area (Å²) in [7, 11) is 0.